The fourth-order valence-electron chi connectivity index (χ4n) is 2.17. The fraction of sp³-hybridized carbons (Fsp3) is 0.214. The van der Waals surface area contributed by atoms with Crippen LogP contribution in [-0.2, 0) is 10.3 Å². The second-order valence-electron chi connectivity index (χ2n) is 4.13. The molecule has 1 aromatic rings. The summed E-state index contributed by atoms with van der Waals surface area (Å²) in [6.07, 6.45) is 8.17. The minimum absolute atomic E-state index is 0.517. The van der Waals surface area contributed by atoms with Crippen LogP contribution in [-0.4, -0.2) is 12.5 Å². The van der Waals surface area contributed by atoms with Crippen molar-refractivity contribution in [2.24, 2.45) is 0 Å². The second kappa shape index (κ2) is 4.85. The van der Waals surface area contributed by atoms with Gasteiger partial charge in [0.25, 0.3) is 0 Å². The van der Waals surface area contributed by atoms with Gasteiger partial charge in [-0.05, 0) is 24.6 Å². The Hall–Kier alpha value is -1.76. The predicted octanol–water partition coefficient (Wildman–Crippen LogP) is 2.28. The van der Waals surface area contributed by atoms with Gasteiger partial charge in [0.1, 0.15) is 11.7 Å². The van der Waals surface area contributed by atoms with Crippen LogP contribution in [0.5, 0.6) is 0 Å². The molecule has 1 aliphatic heterocycles. The first kappa shape index (κ1) is 12.7. The molecule has 1 heterocycles. The lowest BCUT2D eigenvalue weighted by atomic mass is 9.84. The number of terminal acetylenes is 1. The van der Waals surface area contributed by atoms with Crippen molar-refractivity contribution in [3.8, 4) is 12.3 Å². The average Bonchev–Trinajstić information content (AvgIpc) is 2.39. The highest BCUT2D eigenvalue weighted by Gasteiger charge is 2.37. The molecule has 4 heteroatoms. The van der Waals surface area contributed by atoms with Gasteiger partial charge in [0.15, 0.2) is 6.29 Å². The summed E-state index contributed by atoms with van der Waals surface area (Å²) in [6, 6.07) is 5.39. The Morgan fingerprint density at radius 1 is 1.61 bits per heavy atom. The average molecular weight is 261 g/mol. The number of rotatable bonds is 3. The molecule has 18 heavy (non-hydrogen) atoms. The van der Waals surface area contributed by atoms with Crippen molar-refractivity contribution in [1.29, 1.82) is 0 Å². The third-order valence-electron chi connectivity index (χ3n) is 2.99. The van der Waals surface area contributed by atoms with Gasteiger partial charge in [-0.1, -0.05) is 23.6 Å². The van der Waals surface area contributed by atoms with Gasteiger partial charge in [0.2, 0.25) is 0 Å². The Morgan fingerprint density at radius 3 is 3.00 bits per heavy atom. The van der Waals surface area contributed by atoms with Crippen LogP contribution in [0.4, 0.5) is 5.69 Å². The lowest BCUT2D eigenvalue weighted by Crippen LogP contribution is -2.54. The van der Waals surface area contributed by atoms with Crippen LogP contribution in [0, 0.1) is 12.3 Å². The topological polar surface area (TPSA) is 41.1 Å². The summed E-state index contributed by atoms with van der Waals surface area (Å²) in [5, 5.41) is 6.76. The smallest absolute Gasteiger partial charge is 0.157 e. The van der Waals surface area contributed by atoms with Crippen LogP contribution in [0.15, 0.2) is 30.9 Å². The highest BCUT2D eigenvalue weighted by atomic mass is 35.5. The molecule has 2 N–H and O–H groups in total. The van der Waals surface area contributed by atoms with Crippen LogP contribution in [0.3, 0.4) is 0 Å². The molecule has 0 aromatic heterocycles. The van der Waals surface area contributed by atoms with Gasteiger partial charge in [-0.2, -0.15) is 0 Å². The summed E-state index contributed by atoms with van der Waals surface area (Å²) in [7, 11) is 0. The standard InChI is InChI=1S/C14H13ClN2O/c1-3-7-14(4-2)11-8-10(15)5-6-12(11)16-13(9-18)17-14/h2-3,5-6,8-9,13,16-17H,1,7H2. The van der Waals surface area contributed by atoms with Crippen LogP contribution < -0.4 is 10.6 Å². The quantitative estimate of drug-likeness (QED) is 0.498. The fourth-order valence-corrected chi connectivity index (χ4v) is 2.35. The van der Waals surface area contributed by atoms with E-state index in [-0.39, 0.29) is 0 Å². The Kier molecular flexibility index (Phi) is 3.42. The Labute approximate surface area is 111 Å². The van der Waals surface area contributed by atoms with Crippen molar-refractivity contribution in [3.63, 3.8) is 0 Å². The Bertz CT molecular complexity index is 535. The maximum atomic E-state index is 11.0. The number of fused-ring (bicyclic) bond motifs is 1. The summed E-state index contributed by atoms with van der Waals surface area (Å²) >= 11 is 6.01. The van der Waals surface area contributed by atoms with Crippen molar-refractivity contribution in [1.82, 2.24) is 5.32 Å². The van der Waals surface area contributed by atoms with Gasteiger partial charge in [0, 0.05) is 16.3 Å². The third kappa shape index (κ3) is 2.01. The van der Waals surface area contributed by atoms with Gasteiger partial charge in [0.05, 0.1) is 0 Å². The summed E-state index contributed by atoms with van der Waals surface area (Å²) in [5.74, 6) is 2.73. The van der Waals surface area contributed by atoms with E-state index in [1.54, 1.807) is 18.2 Å². The second-order valence-corrected chi connectivity index (χ2v) is 4.57. The van der Waals surface area contributed by atoms with E-state index in [9.17, 15) is 4.79 Å². The van der Waals surface area contributed by atoms with Gasteiger partial charge in [-0.15, -0.1) is 13.0 Å². The lowest BCUT2D eigenvalue weighted by Gasteiger charge is -2.39. The molecule has 1 aromatic carbocycles. The maximum absolute atomic E-state index is 11.0. The first-order valence-electron chi connectivity index (χ1n) is 5.53. The molecule has 92 valence electrons. The molecule has 1 aliphatic rings. The molecule has 2 atom stereocenters. The van der Waals surface area contributed by atoms with Gasteiger partial charge >= 0.3 is 0 Å². The van der Waals surface area contributed by atoms with Crippen molar-refractivity contribution in [3.05, 3.63) is 41.4 Å². The van der Waals surface area contributed by atoms with E-state index in [4.69, 9.17) is 18.0 Å². The molecular formula is C14H13ClN2O. The van der Waals surface area contributed by atoms with Crippen molar-refractivity contribution < 1.29 is 4.79 Å². The van der Waals surface area contributed by atoms with E-state index in [1.165, 1.54) is 0 Å². The highest BCUT2D eigenvalue weighted by molar-refractivity contribution is 6.30. The zero-order valence-electron chi connectivity index (χ0n) is 9.74. The van der Waals surface area contributed by atoms with E-state index in [0.717, 1.165) is 17.5 Å². The minimum Gasteiger partial charge on any atom is -0.364 e. The van der Waals surface area contributed by atoms with E-state index < -0.39 is 11.7 Å². The molecule has 0 spiro atoms. The third-order valence-corrected chi connectivity index (χ3v) is 3.22. The Morgan fingerprint density at radius 2 is 2.39 bits per heavy atom. The van der Waals surface area contributed by atoms with Gasteiger partial charge in [-0.25, -0.2) is 0 Å². The molecular weight excluding hydrogens is 248 g/mol. The first-order valence-corrected chi connectivity index (χ1v) is 5.91. The minimum atomic E-state index is -0.751. The number of halogens is 1. The zero-order chi connectivity index (χ0) is 13.2. The number of hydrogen-bond donors (Lipinski definition) is 2. The lowest BCUT2D eigenvalue weighted by molar-refractivity contribution is -0.109. The van der Waals surface area contributed by atoms with Crippen molar-refractivity contribution >= 4 is 23.6 Å². The molecule has 2 rings (SSSR count). The summed E-state index contributed by atoms with van der Waals surface area (Å²) in [5.41, 5.74) is 0.921. The number of carbonyl (C=O) groups is 1. The van der Waals surface area contributed by atoms with E-state index in [2.05, 4.69) is 23.1 Å². The highest BCUT2D eigenvalue weighted by Crippen LogP contribution is 2.36. The monoisotopic (exact) mass is 260 g/mol. The largest absolute Gasteiger partial charge is 0.364 e. The van der Waals surface area contributed by atoms with Crippen molar-refractivity contribution in [2.45, 2.75) is 18.1 Å². The normalized spacial score (nSPS) is 25.4. The first-order chi connectivity index (χ1) is 8.65. The van der Waals surface area contributed by atoms with Gasteiger partial charge < -0.3 is 5.32 Å². The van der Waals surface area contributed by atoms with E-state index in [0.29, 0.717) is 11.4 Å². The molecule has 0 aliphatic carbocycles. The van der Waals surface area contributed by atoms with Crippen LogP contribution in [0.1, 0.15) is 12.0 Å². The number of hydrogen-bond acceptors (Lipinski definition) is 3. The molecule has 0 amide bonds. The molecule has 0 saturated heterocycles. The van der Waals surface area contributed by atoms with Crippen LogP contribution in [0.25, 0.3) is 0 Å². The molecule has 0 fully saturated rings. The van der Waals surface area contributed by atoms with Crippen LogP contribution in [0.2, 0.25) is 5.02 Å². The number of benzene rings is 1. The molecule has 3 nitrogen and oxygen atoms in total. The van der Waals surface area contributed by atoms with E-state index in [1.807, 2.05) is 6.07 Å². The summed E-state index contributed by atoms with van der Waals surface area (Å²) in [6.45, 7) is 3.72. The SMILES string of the molecule is C#CC1(CC=C)NC(C=O)Nc2ccc(Cl)cc21. The maximum Gasteiger partial charge on any atom is 0.157 e. The molecule has 0 radical (unpaired) electrons. The zero-order valence-corrected chi connectivity index (χ0v) is 10.5. The molecule has 0 bridgehead atoms. The Balaban J connectivity index is 2.60. The number of carbonyl (C=O) groups excluding carboxylic acids is 1. The predicted molar refractivity (Wildman–Crippen MR) is 73.4 cm³/mol. The van der Waals surface area contributed by atoms with E-state index >= 15 is 0 Å². The molecule has 2 unspecified atom stereocenters. The number of nitrogens with one attached hydrogen (secondary N) is 2. The van der Waals surface area contributed by atoms with Crippen LogP contribution >= 0.6 is 11.6 Å². The molecule has 0 saturated carbocycles. The number of aldehydes is 1. The summed E-state index contributed by atoms with van der Waals surface area (Å²) in [4.78, 5) is 11.0. The van der Waals surface area contributed by atoms with Crippen molar-refractivity contribution in [2.75, 3.05) is 5.32 Å². The number of anilines is 1. The summed E-state index contributed by atoms with van der Waals surface area (Å²) < 4.78 is 0. The van der Waals surface area contributed by atoms with Gasteiger partial charge in [-0.3, -0.25) is 10.1 Å².